The quantitative estimate of drug-likeness (QED) is 0.650. The van der Waals surface area contributed by atoms with Gasteiger partial charge in [0, 0.05) is 35.0 Å². The largest absolute Gasteiger partial charge is 0.385 e. The summed E-state index contributed by atoms with van der Waals surface area (Å²) in [4.78, 5) is 3.27. The number of anilines is 2. The van der Waals surface area contributed by atoms with Gasteiger partial charge in [-0.25, -0.2) is 8.42 Å². The lowest BCUT2D eigenvalue weighted by Gasteiger charge is -2.08. The fourth-order valence-electron chi connectivity index (χ4n) is 2.55. The monoisotopic (exact) mass is 329 g/mol. The van der Waals surface area contributed by atoms with Gasteiger partial charge in [0.2, 0.25) is 10.0 Å². The maximum absolute atomic E-state index is 11.2. The van der Waals surface area contributed by atoms with Crippen molar-refractivity contribution in [1.82, 2.24) is 4.98 Å². The van der Waals surface area contributed by atoms with E-state index in [2.05, 4.69) is 27.2 Å². The predicted octanol–water partition coefficient (Wildman–Crippen LogP) is 3.19. The van der Waals surface area contributed by atoms with Crippen molar-refractivity contribution in [2.45, 2.75) is 6.42 Å². The van der Waals surface area contributed by atoms with E-state index < -0.39 is 10.0 Å². The Kier molecular flexibility index (Phi) is 4.25. The number of H-pyrrole nitrogens is 1. The molecule has 0 fully saturated rings. The number of aromatic nitrogens is 1. The maximum Gasteiger partial charge on any atom is 0.229 e. The summed E-state index contributed by atoms with van der Waals surface area (Å²) < 4.78 is 24.8. The molecule has 1 heterocycles. The number of hydrogen-bond acceptors (Lipinski definition) is 3. The van der Waals surface area contributed by atoms with Gasteiger partial charge in [-0.1, -0.05) is 18.2 Å². The van der Waals surface area contributed by atoms with Crippen LogP contribution in [0.3, 0.4) is 0 Å². The maximum atomic E-state index is 11.2. The smallest absolute Gasteiger partial charge is 0.229 e. The third kappa shape index (κ3) is 4.04. The van der Waals surface area contributed by atoms with Crippen LogP contribution < -0.4 is 10.0 Å². The zero-order valence-electron chi connectivity index (χ0n) is 12.8. The average molecular weight is 329 g/mol. The van der Waals surface area contributed by atoms with Gasteiger partial charge in [-0.15, -0.1) is 0 Å². The molecule has 0 bridgehead atoms. The number of sulfonamides is 1. The van der Waals surface area contributed by atoms with Crippen LogP contribution in [0.1, 0.15) is 5.56 Å². The fourth-order valence-corrected chi connectivity index (χ4v) is 3.11. The van der Waals surface area contributed by atoms with Crippen LogP contribution in [-0.2, 0) is 16.4 Å². The van der Waals surface area contributed by atoms with Gasteiger partial charge in [0.05, 0.1) is 6.26 Å². The van der Waals surface area contributed by atoms with Crippen molar-refractivity contribution < 1.29 is 8.42 Å². The van der Waals surface area contributed by atoms with Gasteiger partial charge in [0.25, 0.3) is 0 Å². The van der Waals surface area contributed by atoms with E-state index in [4.69, 9.17) is 0 Å². The molecule has 0 saturated carbocycles. The van der Waals surface area contributed by atoms with Crippen LogP contribution in [0.5, 0.6) is 0 Å². The Morgan fingerprint density at radius 3 is 2.43 bits per heavy atom. The van der Waals surface area contributed by atoms with E-state index in [0.717, 1.165) is 30.4 Å². The summed E-state index contributed by atoms with van der Waals surface area (Å²) in [7, 11) is -3.23. The Hall–Kier alpha value is -2.47. The molecule has 3 rings (SSSR count). The molecule has 120 valence electrons. The zero-order chi connectivity index (χ0) is 16.3. The number of para-hydroxylation sites is 1. The van der Waals surface area contributed by atoms with Gasteiger partial charge in [-0.3, -0.25) is 4.72 Å². The van der Waals surface area contributed by atoms with Crippen LogP contribution in [0.2, 0.25) is 0 Å². The summed E-state index contributed by atoms with van der Waals surface area (Å²) in [5.74, 6) is 0. The molecule has 0 aliphatic heterocycles. The minimum atomic E-state index is -3.23. The number of rotatable bonds is 6. The van der Waals surface area contributed by atoms with Gasteiger partial charge >= 0.3 is 0 Å². The number of fused-ring (bicyclic) bond motifs is 1. The molecule has 0 aliphatic rings. The van der Waals surface area contributed by atoms with Crippen LogP contribution in [-0.4, -0.2) is 26.2 Å². The third-order valence-electron chi connectivity index (χ3n) is 3.59. The molecule has 5 nitrogen and oxygen atoms in total. The molecule has 0 aliphatic carbocycles. The normalized spacial score (nSPS) is 11.5. The van der Waals surface area contributed by atoms with Gasteiger partial charge < -0.3 is 10.3 Å². The van der Waals surface area contributed by atoms with Crippen molar-refractivity contribution in [1.29, 1.82) is 0 Å². The number of hydrogen-bond donors (Lipinski definition) is 3. The second-order valence-electron chi connectivity index (χ2n) is 5.49. The molecule has 3 N–H and O–H groups in total. The number of nitrogens with one attached hydrogen (secondary N) is 3. The lowest BCUT2D eigenvalue weighted by Crippen LogP contribution is -2.09. The van der Waals surface area contributed by atoms with Crippen LogP contribution in [0.15, 0.2) is 54.7 Å². The van der Waals surface area contributed by atoms with Gasteiger partial charge in [0.15, 0.2) is 0 Å². The molecule has 0 spiro atoms. The molecular formula is C17H19N3O2S. The first-order valence-corrected chi connectivity index (χ1v) is 9.27. The highest BCUT2D eigenvalue weighted by Crippen LogP contribution is 2.19. The van der Waals surface area contributed by atoms with E-state index >= 15 is 0 Å². The minimum Gasteiger partial charge on any atom is -0.385 e. The van der Waals surface area contributed by atoms with Crippen molar-refractivity contribution >= 4 is 32.3 Å². The molecular weight excluding hydrogens is 310 g/mol. The molecule has 0 radical (unpaired) electrons. The molecule has 0 saturated heterocycles. The second-order valence-corrected chi connectivity index (χ2v) is 7.24. The minimum absolute atomic E-state index is 0.565. The number of aromatic amines is 1. The molecule has 23 heavy (non-hydrogen) atoms. The Morgan fingerprint density at radius 2 is 1.70 bits per heavy atom. The second kappa shape index (κ2) is 6.34. The number of benzene rings is 2. The first-order chi connectivity index (χ1) is 11.0. The summed E-state index contributed by atoms with van der Waals surface area (Å²) >= 11 is 0. The third-order valence-corrected chi connectivity index (χ3v) is 4.19. The van der Waals surface area contributed by atoms with Crippen LogP contribution in [0, 0.1) is 0 Å². The topological polar surface area (TPSA) is 74.0 Å². The Balaban J connectivity index is 1.58. The van der Waals surface area contributed by atoms with E-state index in [0.29, 0.717) is 5.69 Å². The fraction of sp³-hybridized carbons (Fsp3) is 0.176. The summed E-state index contributed by atoms with van der Waals surface area (Å²) in [5.41, 5.74) is 3.96. The summed E-state index contributed by atoms with van der Waals surface area (Å²) in [6, 6.07) is 15.5. The van der Waals surface area contributed by atoms with Crippen molar-refractivity contribution in [3.05, 3.63) is 60.3 Å². The molecule has 3 aromatic rings. The zero-order valence-corrected chi connectivity index (χ0v) is 13.7. The Bertz CT molecular complexity index is 899. The summed E-state index contributed by atoms with van der Waals surface area (Å²) in [6.07, 6.45) is 4.10. The Labute approximate surface area is 135 Å². The van der Waals surface area contributed by atoms with E-state index in [-0.39, 0.29) is 0 Å². The standard InChI is InChI=1S/C17H19N3O2S/c1-23(21,22)20-15-8-6-14(7-9-15)18-11-10-13-12-19-17-5-3-2-4-16(13)17/h2-9,12,18-20H,10-11H2,1H3. The SMILES string of the molecule is CS(=O)(=O)Nc1ccc(NCCc2c[nH]c3ccccc23)cc1. The average Bonchev–Trinajstić information content (AvgIpc) is 2.91. The van der Waals surface area contributed by atoms with Crippen molar-refractivity contribution in [2.24, 2.45) is 0 Å². The first-order valence-electron chi connectivity index (χ1n) is 7.38. The van der Waals surface area contributed by atoms with E-state index in [1.165, 1.54) is 10.9 Å². The van der Waals surface area contributed by atoms with E-state index in [1.807, 2.05) is 30.5 Å². The van der Waals surface area contributed by atoms with Crippen molar-refractivity contribution in [3.63, 3.8) is 0 Å². The molecule has 6 heteroatoms. The predicted molar refractivity (Wildman–Crippen MR) is 95.4 cm³/mol. The lowest BCUT2D eigenvalue weighted by atomic mass is 10.1. The Morgan fingerprint density at radius 1 is 1.00 bits per heavy atom. The van der Waals surface area contributed by atoms with Gasteiger partial charge in [0.1, 0.15) is 0 Å². The summed E-state index contributed by atoms with van der Waals surface area (Å²) in [6.45, 7) is 0.806. The van der Waals surface area contributed by atoms with Crippen LogP contribution in [0.4, 0.5) is 11.4 Å². The highest BCUT2D eigenvalue weighted by molar-refractivity contribution is 7.92. The van der Waals surface area contributed by atoms with Crippen LogP contribution in [0.25, 0.3) is 10.9 Å². The highest BCUT2D eigenvalue weighted by Gasteiger charge is 2.03. The van der Waals surface area contributed by atoms with Crippen molar-refractivity contribution in [2.75, 3.05) is 22.8 Å². The first kappa shape index (κ1) is 15.4. The van der Waals surface area contributed by atoms with E-state index in [9.17, 15) is 8.42 Å². The molecule has 0 amide bonds. The summed E-state index contributed by atoms with van der Waals surface area (Å²) in [5, 5.41) is 4.60. The van der Waals surface area contributed by atoms with E-state index in [1.54, 1.807) is 12.1 Å². The van der Waals surface area contributed by atoms with Crippen LogP contribution >= 0.6 is 0 Å². The molecule has 0 atom stereocenters. The lowest BCUT2D eigenvalue weighted by molar-refractivity contribution is 0.607. The highest BCUT2D eigenvalue weighted by atomic mass is 32.2. The molecule has 1 aromatic heterocycles. The molecule has 0 unspecified atom stereocenters. The van der Waals surface area contributed by atoms with Gasteiger partial charge in [-0.05, 0) is 42.3 Å². The van der Waals surface area contributed by atoms with Gasteiger partial charge in [-0.2, -0.15) is 0 Å². The molecule has 2 aromatic carbocycles. The van der Waals surface area contributed by atoms with Crippen molar-refractivity contribution in [3.8, 4) is 0 Å².